The first kappa shape index (κ1) is 12.7. The minimum Gasteiger partial charge on any atom is -0.385 e. The summed E-state index contributed by atoms with van der Waals surface area (Å²) < 4.78 is 10.6. The van der Waals surface area contributed by atoms with Gasteiger partial charge in [0.15, 0.2) is 11.5 Å². The summed E-state index contributed by atoms with van der Waals surface area (Å²) in [5, 5.41) is 16.4. The average molecular weight is 248 g/mol. The van der Waals surface area contributed by atoms with E-state index in [1.807, 2.05) is 12.1 Å². The Morgan fingerprint density at radius 1 is 1.39 bits per heavy atom. The fourth-order valence-corrected chi connectivity index (χ4v) is 1.74. The summed E-state index contributed by atoms with van der Waals surface area (Å²) in [6, 6.07) is 5.44. The summed E-state index contributed by atoms with van der Waals surface area (Å²) in [6.07, 6.45) is 1.18. The predicted molar refractivity (Wildman–Crippen MR) is 65.2 cm³/mol. The van der Waals surface area contributed by atoms with Gasteiger partial charge in [-0.05, 0) is 18.6 Å². The Hall–Kier alpha value is -1.71. The van der Waals surface area contributed by atoms with Crippen LogP contribution in [0.4, 0.5) is 5.82 Å². The maximum atomic E-state index is 8.62. The molecule has 1 aromatic heterocycles. The van der Waals surface area contributed by atoms with Crippen molar-refractivity contribution in [2.75, 3.05) is 38.3 Å². The molecule has 18 heavy (non-hydrogen) atoms. The zero-order chi connectivity index (χ0) is 12.8. The van der Waals surface area contributed by atoms with Crippen LogP contribution in [0.15, 0.2) is 12.1 Å². The Kier molecular flexibility index (Phi) is 4.45. The van der Waals surface area contributed by atoms with Crippen molar-refractivity contribution in [3.05, 3.63) is 17.8 Å². The third-order valence-corrected chi connectivity index (χ3v) is 2.78. The minimum absolute atomic E-state index is 0.263. The van der Waals surface area contributed by atoms with Crippen LogP contribution in [0.2, 0.25) is 0 Å². The van der Waals surface area contributed by atoms with Gasteiger partial charge in [-0.15, -0.1) is 10.2 Å². The molecule has 1 aromatic rings. The van der Waals surface area contributed by atoms with Gasteiger partial charge in [0.05, 0.1) is 6.10 Å². The molecule has 1 aliphatic rings. The highest BCUT2D eigenvalue weighted by Gasteiger charge is 2.28. The van der Waals surface area contributed by atoms with Crippen LogP contribution in [0, 0.1) is 11.3 Å². The summed E-state index contributed by atoms with van der Waals surface area (Å²) in [4.78, 5) is 2.08. The van der Waals surface area contributed by atoms with E-state index >= 15 is 0 Å². The summed E-state index contributed by atoms with van der Waals surface area (Å²) in [5.74, 6) is 0.797. The topological polar surface area (TPSA) is 71.3 Å². The Balaban J connectivity index is 1.70. The van der Waals surface area contributed by atoms with Gasteiger partial charge >= 0.3 is 0 Å². The van der Waals surface area contributed by atoms with Crippen LogP contribution in [0.25, 0.3) is 0 Å². The zero-order valence-electron chi connectivity index (χ0n) is 10.4. The lowest BCUT2D eigenvalue weighted by molar-refractivity contribution is 0.0230. The Morgan fingerprint density at radius 2 is 2.22 bits per heavy atom. The normalized spacial score (nSPS) is 15.2. The standard InChI is InChI=1S/C12H16N4O2/c1-17-5-2-6-18-11-8-16(9-11)12-4-3-10(7-13)14-15-12/h3-4,11H,2,5-6,8-9H2,1H3. The van der Waals surface area contributed by atoms with Crippen molar-refractivity contribution in [1.82, 2.24) is 10.2 Å². The van der Waals surface area contributed by atoms with Gasteiger partial charge in [0.1, 0.15) is 6.07 Å². The summed E-state index contributed by atoms with van der Waals surface area (Å²) in [6.45, 7) is 3.12. The number of ether oxygens (including phenoxy) is 2. The first-order valence-corrected chi connectivity index (χ1v) is 5.93. The van der Waals surface area contributed by atoms with E-state index in [4.69, 9.17) is 14.7 Å². The van der Waals surface area contributed by atoms with Crippen molar-refractivity contribution < 1.29 is 9.47 Å². The maximum absolute atomic E-state index is 8.62. The fourth-order valence-electron chi connectivity index (χ4n) is 1.74. The van der Waals surface area contributed by atoms with Crippen LogP contribution in [-0.4, -0.2) is 49.7 Å². The molecule has 0 unspecified atom stereocenters. The molecule has 1 aliphatic heterocycles. The quantitative estimate of drug-likeness (QED) is 0.686. The molecular formula is C12H16N4O2. The second kappa shape index (κ2) is 6.28. The largest absolute Gasteiger partial charge is 0.385 e. The maximum Gasteiger partial charge on any atom is 0.163 e. The number of hydrogen-bond acceptors (Lipinski definition) is 6. The number of anilines is 1. The van der Waals surface area contributed by atoms with Crippen LogP contribution in [0.5, 0.6) is 0 Å². The molecule has 0 atom stereocenters. The van der Waals surface area contributed by atoms with Gasteiger partial charge in [-0.25, -0.2) is 0 Å². The number of nitriles is 1. The lowest BCUT2D eigenvalue weighted by atomic mass is 10.1. The van der Waals surface area contributed by atoms with Crippen LogP contribution in [0.3, 0.4) is 0 Å². The molecule has 0 saturated carbocycles. The highest BCUT2D eigenvalue weighted by Crippen LogP contribution is 2.19. The van der Waals surface area contributed by atoms with Crippen molar-refractivity contribution >= 4 is 5.82 Å². The Bertz CT molecular complexity index is 409. The molecule has 0 amide bonds. The van der Waals surface area contributed by atoms with E-state index in [0.717, 1.165) is 38.5 Å². The van der Waals surface area contributed by atoms with Gasteiger partial charge < -0.3 is 14.4 Å². The number of hydrogen-bond donors (Lipinski definition) is 0. The SMILES string of the molecule is COCCCOC1CN(c2ccc(C#N)nn2)C1. The predicted octanol–water partition coefficient (Wildman–Crippen LogP) is 0.590. The lowest BCUT2D eigenvalue weighted by Gasteiger charge is -2.39. The second-order valence-electron chi connectivity index (χ2n) is 4.13. The highest BCUT2D eigenvalue weighted by atomic mass is 16.5. The van der Waals surface area contributed by atoms with Crippen LogP contribution < -0.4 is 4.90 Å². The molecule has 96 valence electrons. The molecule has 1 saturated heterocycles. The summed E-state index contributed by atoms with van der Waals surface area (Å²) >= 11 is 0. The van der Waals surface area contributed by atoms with E-state index in [1.54, 1.807) is 13.2 Å². The Labute approximate surface area is 106 Å². The molecule has 2 heterocycles. The molecule has 6 heteroatoms. The first-order chi connectivity index (χ1) is 8.83. The van der Waals surface area contributed by atoms with Crippen molar-refractivity contribution in [2.45, 2.75) is 12.5 Å². The van der Waals surface area contributed by atoms with Gasteiger partial charge in [-0.2, -0.15) is 5.26 Å². The van der Waals surface area contributed by atoms with Gasteiger partial charge in [-0.3, -0.25) is 0 Å². The fraction of sp³-hybridized carbons (Fsp3) is 0.583. The third-order valence-electron chi connectivity index (χ3n) is 2.78. The molecular weight excluding hydrogens is 232 g/mol. The Morgan fingerprint density at radius 3 is 2.83 bits per heavy atom. The molecule has 2 rings (SSSR count). The molecule has 0 radical (unpaired) electrons. The van der Waals surface area contributed by atoms with Gasteiger partial charge in [-0.1, -0.05) is 0 Å². The molecule has 0 N–H and O–H groups in total. The second-order valence-corrected chi connectivity index (χ2v) is 4.13. The van der Waals surface area contributed by atoms with Crippen molar-refractivity contribution in [3.8, 4) is 6.07 Å². The van der Waals surface area contributed by atoms with E-state index in [9.17, 15) is 0 Å². The molecule has 0 spiro atoms. The molecule has 6 nitrogen and oxygen atoms in total. The average Bonchev–Trinajstić information content (AvgIpc) is 2.37. The third kappa shape index (κ3) is 3.15. The molecule has 1 fully saturated rings. The van der Waals surface area contributed by atoms with Crippen LogP contribution in [0.1, 0.15) is 12.1 Å². The number of rotatable bonds is 6. The lowest BCUT2D eigenvalue weighted by Crippen LogP contribution is -2.52. The van der Waals surface area contributed by atoms with Gasteiger partial charge in [0.2, 0.25) is 0 Å². The van der Waals surface area contributed by atoms with Crippen molar-refractivity contribution in [2.24, 2.45) is 0 Å². The number of aromatic nitrogens is 2. The minimum atomic E-state index is 0.263. The summed E-state index contributed by atoms with van der Waals surface area (Å²) in [5.41, 5.74) is 0.339. The van der Waals surface area contributed by atoms with Crippen molar-refractivity contribution in [1.29, 1.82) is 5.26 Å². The smallest absolute Gasteiger partial charge is 0.163 e. The van der Waals surface area contributed by atoms with Gasteiger partial charge in [0, 0.05) is 33.4 Å². The van der Waals surface area contributed by atoms with Crippen molar-refractivity contribution in [3.63, 3.8) is 0 Å². The molecule has 0 bridgehead atoms. The van der Waals surface area contributed by atoms with E-state index in [0.29, 0.717) is 5.69 Å². The highest BCUT2D eigenvalue weighted by molar-refractivity contribution is 5.42. The van der Waals surface area contributed by atoms with E-state index in [2.05, 4.69) is 15.1 Å². The van der Waals surface area contributed by atoms with Crippen LogP contribution in [-0.2, 0) is 9.47 Å². The molecule has 0 aromatic carbocycles. The summed E-state index contributed by atoms with van der Waals surface area (Å²) in [7, 11) is 1.69. The number of nitrogens with zero attached hydrogens (tertiary/aromatic N) is 4. The van der Waals surface area contributed by atoms with E-state index in [-0.39, 0.29) is 6.10 Å². The zero-order valence-corrected chi connectivity index (χ0v) is 10.4. The molecule has 0 aliphatic carbocycles. The number of methoxy groups -OCH3 is 1. The first-order valence-electron chi connectivity index (χ1n) is 5.93. The van der Waals surface area contributed by atoms with E-state index in [1.165, 1.54) is 0 Å². The van der Waals surface area contributed by atoms with Crippen LogP contribution >= 0.6 is 0 Å². The monoisotopic (exact) mass is 248 g/mol. The van der Waals surface area contributed by atoms with Gasteiger partial charge in [0.25, 0.3) is 0 Å². The van der Waals surface area contributed by atoms with E-state index < -0.39 is 0 Å².